The van der Waals surface area contributed by atoms with E-state index in [0.29, 0.717) is 0 Å². The van der Waals surface area contributed by atoms with Gasteiger partial charge in [0.25, 0.3) is 0 Å². The molecule has 0 saturated heterocycles. The van der Waals surface area contributed by atoms with E-state index in [2.05, 4.69) is 53.8 Å². The van der Waals surface area contributed by atoms with Crippen LogP contribution in [0.15, 0.2) is 0 Å². The maximum Gasteiger partial charge on any atom is 0.327 e. The molecule has 31 heavy (non-hydrogen) atoms. The van der Waals surface area contributed by atoms with Crippen molar-refractivity contribution in [3.63, 3.8) is 0 Å². The van der Waals surface area contributed by atoms with Crippen molar-refractivity contribution in [1.29, 1.82) is 0 Å². The van der Waals surface area contributed by atoms with Gasteiger partial charge in [-0.2, -0.15) is 37.9 Å². The first-order chi connectivity index (χ1) is 14.4. The highest BCUT2D eigenvalue weighted by molar-refractivity contribution is 7.80. The molecule has 13 nitrogen and oxygen atoms in total. The van der Waals surface area contributed by atoms with Gasteiger partial charge in [-0.1, -0.05) is 0 Å². The van der Waals surface area contributed by atoms with Gasteiger partial charge in [0.05, 0.1) is 19.6 Å². The highest BCUT2D eigenvalue weighted by Gasteiger charge is 2.25. The monoisotopic (exact) mass is 500 g/mol. The van der Waals surface area contributed by atoms with Crippen molar-refractivity contribution < 1.29 is 44.1 Å². The third-order valence-electron chi connectivity index (χ3n) is 3.55. The third-order valence-corrected chi connectivity index (χ3v) is 4.64. The first kappa shape index (κ1) is 28.8. The second-order valence-corrected chi connectivity index (χ2v) is 7.16. The van der Waals surface area contributed by atoms with Crippen LogP contribution in [0.1, 0.15) is 0 Å². The lowest BCUT2D eigenvalue weighted by atomic mass is 10.3. The Bertz CT molecular complexity index is 604. The van der Waals surface area contributed by atoms with Crippen molar-refractivity contribution in [2.45, 2.75) is 18.1 Å². The summed E-state index contributed by atoms with van der Waals surface area (Å²) in [6.07, 6.45) is 0. The van der Waals surface area contributed by atoms with E-state index < -0.39 is 73.4 Å². The Hall–Kier alpha value is -2.17. The Kier molecular flexibility index (Phi) is 13.7. The summed E-state index contributed by atoms with van der Waals surface area (Å²) in [5.41, 5.74) is 0. The summed E-state index contributed by atoms with van der Waals surface area (Å²) in [5.74, 6) is -7.24. The number of hydrogen-bond acceptors (Lipinski definition) is 10. The van der Waals surface area contributed by atoms with E-state index in [9.17, 15) is 28.8 Å². The lowest BCUT2D eigenvalue weighted by Crippen LogP contribution is -2.53. The first-order valence-electron chi connectivity index (χ1n) is 8.56. The van der Waals surface area contributed by atoms with Crippen molar-refractivity contribution in [1.82, 2.24) is 20.9 Å². The molecule has 0 aromatic heterocycles. The molecule has 0 aromatic rings. The van der Waals surface area contributed by atoms with Gasteiger partial charge in [0, 0.05) is 17.3 Å². The van der Waals surface area contributed by atoms with E-state index in [4.69, 9.17) is 15.3 Å². The van der Waals surface area contributed by atoms with Crippen LogP contribution in [0.25, 0.3) is 0 Å². The minimum Gasteiger partial charge on any atom is -0.480 e. The minimum absolute atomic E-state index is 0.216. The number of carboxylic acid groups (broad SMARTS) is 3. The standard InChI is InChI=1S/C15H24N4O9S3/c20-10(16-7(4-29)13(23)24)1-19(2-11(21)17-8(5-30)14(25)26)3-12(22)18-9(6-31)15(27)28/h7-9,29-31H,1-6H2,(H,16,20)(H,17,21)(H,18,22)(H,23,24)(H,25,26)(H,27,28)/t7-,8-,9-/m0/s1. The van der Waals surface area contributed by atoms with Crippen LogP contribution in [0.5, 0.6) is 0 Å². The zero-order valence-corrected chi connectivity index (χ0v) is 18.7. The van der Waals surface area contributed by atoms with Gasteiger partial charge < -0.3 is 31.3 Å². The number of aliphatic carboxylic acids is 3. The molecule has 16 heteroatoms. The van der Waals surface area contributed by atoms with Crippen LogP contribution in [0.3, 0.4) is 0 Å². The lowest BCUT2D eigenvalue weighted by molar-refractivity contribution is -0.142. The second kappa shape index (κ2) is 14.8. The summed E-state index contributed by atoms with van der Waals surface area (Å²) in [6, 6.07) is -3.95. The fourth-order valence-corrected chi connectivity index (χ4v) is 2.80. The van der Waals surface area contributed by atoms with Gasteiger partial charge in [-0.3, -0.25) is 19.3 Å². The summed E-state index contributed by atoms with van der Waals surface area (Å²) in [4.78, 5) is 70.4. The Morgan fingerprint density at radius 2 is 0.806 bits per heavy atom. The topological polar surface area (TPSA) is 202 Å². The fraction of sp³-hybridized carbons (Fsp3) is 0.600. The molecule has 0 unspecified atom stereocenters. The Labute approximate surface area is 193 Å². The van der Waals surface area contributed by atoms with Crippen LogP contribution >= 0.6 is 37.9 Å². The number of thiol groups is 3. The summed E-state index contributed by atoms with van der Waals surface area (Å²) < 4.78 is 0. The van der Waals surface area contributed by atoms with Crippen molar-refractivity contribution in [3.05, 3.63) is 0 Å². The average molecular weight is 501 g/mol. The molecule has 3 amide bonds. The largest absolute Gasteiger partial charge is 0.480 e. The van der Waals surface area contributed by atoms with Gasteiger partial charge in [-0.15, -0.1) is 0 Å². The Morgan fingerprint density at radius 3 is 0.968 bits per heavy atom. The maximum absolute atomic E-state index is 12.1. The van der Waals surface area contributed by atoms with Crippen LogP contribution in [0.2, 0.25) is 0 Å². The first-order valence-corrected chi connectivity index (χ1v) is 10.5. The summed E-state index contributed by atoms with van der Waals surface area (Å²) >= 11 is 11.4. The normalized spacial score (nSPS) is 13.5. The predicted molar refractivity (Wildman–Crippen MR) is 117 cm³/mol. The summed E-state index contributed by atoms with van der Waals surface area (Å²) in [5, 5.41) is 33.4. The average Bonchev–Trinajstić information content (AvgIpc) is 2.67. The van der Waals surface area contributed by atoms with E-state index in [0.717, 1.165) is 4.90 Å². The molecule has 0 saturated carbocycles. The molecule has 0 aliphatic heterocycles. The Balaban J connectivity index is 5.27. The fourth-order valence-electron chi connectivity index (χ4n) is 2.05. The van der Waals surface area contributed by atoms with Gasteiger partial charge in [0.1, 0.15) is 18.1 Å². The highest BCUT2D eigenvalue weighted by Crippen LogP contribution is 1.96. The molecule has 0 spiro atoms. The minimum atomic E-state index is -1.35. The molecule has 0 rings (SSSR count). The number of rotatable bonds is 15. The molecule has 0 aliphatic rings. The van der Waals surface area contributed by atoms with Crippen molar-refractivity contribution in [2.75, 3.05) is 36.9 Å². The summed E-state index contributed by atoms with van der Waals surface area (Å²) in [7, 11) is 0. The molecular formula is C15H24N4O9S3. The number of amides is 3. The number of carbonyl (C=O) groups excluding carboxylic acids is 3. The zero-order valence-electron chi connectivity index (χ0n) is 16.1. The molecule has 0 fully saturated rings. The van der Waals surface area contributed by atoms with Gasteiger partial charge in [0.15, 0.2) is 0 Å². The molecule has 0 aromatic carbocycles. The summed E-state index contributed by atoms with van der Waals surface area (Å²) in [6.45, 7) is -1.85. The van der Waals surface area contributed by atoms with E-state index in [1.807, 2.05) is 0 Å². The molecule has 0 bridgehead atoms. The van der Waals surface area contributed by atoms with Gasteiger partial charge >= 0.3 is 17.9 Å². The Morgan fingerprint density at radius 1 is 0.581 bits per heavy atom. The van der Waals surface area contributed by atoms with Crippen LogP contribution in [-0.4, -0.2) is 111 Å². The van der Waals surface area contributed by atoms with E-state index in [-0.39, 0.29) is 17.3 Å². The van der Waals surface area contributed by atoms with E-state index >= 15 is 0 Å². The second-order valence-electron chi connectivity index (χ2n) is 6.07. The lowest BCUT2D eigenvalue weighted by Gasteiger charge is -2.23. The molecule has 0 aliphatic carbocycles. The number of nitrogens with zero attached hydrogens (tertiary/aromatic N) is 1. The molecule has 0 heterocycles. The number of carboxylic acids is 3. The molecule has 3 atom stereocenters. The van der Waals surface area contributed by atoms with Gasteiger partial charge in [0.2, 0.25) is 17.7 Å². The molecule has 176 valence electrons. The van der Waals surface area contributed by atoms with Crippen molar-refractivity contribution in [3.8, 4) is 0 Å². The zero-order chi connectivity index (χ0) is 24.1. The molecule has 0 radical (unpaired) electrons. The van der Waals surface area contributed by atoms with Crippen molar-refractivity contribution in [2.24, 2.45) is 0 Å². The highest BCUT2D eigenvalue weighted by atomic mass is 32.1. The molecular weight excluding hydrogens is 476 g/mol. The number of carbonyl (C=O) groups is 6. The van der Waals surface area contributed by atoms with Crippen LogP contribution in [0.4, 0.5) is 0 Å². The van der Waals surface area contributed by atoms with Gasteiger partial charge in [-0.05, 0) is 0 Å². The van der Waals surface area contributed by atoms with Crippen LogP contribution in [-0.2, 0) is 28.8 Å². The van der Waals surface area contributed by atoms with Crippen molar-refractivity contribution >= 4 is 73.5 Å². The van der Waals surface area contributed by atoms with Crippen LogP contribution < -0.4 is 16.0 Å². The number of nitrogens with one attached hydrogen (secondary N) is 3. The maximum atomic E-state index is 12.1. The van der Waals surface area contributed by atoms with Crippen LogP contribution in [0, 0.1) is 0 Å². The van der Waals surface area contributed by atoms with E-state index in [1.54, 1.807) is 0 Å². The predicted octanol–water partition coefficient (Wildman–Crippen LogP) is -3.21. The quantitative estimate of drug-likeness (QED) is 0.103. The smallest absolute Gasteiger partial charge is 0.327 e. The molecule has 6 N–H and O–H groups in total. The SMILES string of the molecule is O=C(CN(CC(=O)N[C@@H](CS)C(=O)O)CC(=O)N[C@@H](CS)C(=O)O)N[C@@H](CS)C(=O)O. The number of hydrogen-bond donors (Lipinski definition) is 9. The van der Waals surface area contributed by atoms with Gasteiger partial charge in [-0.25, -0.2) is 14.4 Å². The van der Waals surface area contributed by atoms with E-state index in [1.165, 1.54) is 0 Å². The third kappa shape index (κ3) is 11.7.